The molecule has 0 radical (unpaired) electrons. The molecule has 1 amide bonds. The van der Waals surface area contributed by atoms with Gasteiger partial charge < -0.3 is 14.8 Å². The number of furan rings is 1. The average Bonchev–Trinajstić information content (AvgIpc) is 2.82. The number of aryl methyl sites for hydroxylation is 1. The molecule has 1 aromatic heterocycles. The van der Waals surface area contributed by atoms with Gasteiger partial charge in [-0.2, -0.15) is 0 Å². The first kappa shape index (κ1) is 11.3. The summed E-state index contributed by atoms with van der Waals surface area (Å²) in [6.45, 7) is 2.23. The van der Waals surface area contributed by atoms with Crippen molar-refractivity contribution in [3.8, 4) is 5.75 Å². The number of nitrogens with one attached hydrogen (secondary N) is 1. The number of carbonyl (C=O) groups is 1. The van der Waals surface area contributed by atoms with Gasteiger partial charge in [-0.1, -0.05) is 6.07 Å². The van der Waals surface area contributed by atoms with E-state index in [0.717, 1.165) is 11.1 Å². The van der Waals surface area contributed by atoms with Crippen LogP contribution in [-0.2, 0) is 6.54 Å². The maximum absolute atomic E-state index is 11.9. The Labute approximate surface area is 98.9 Å². The van der Waals surface area contributed by atoms with Gasteiger partial charge >= 0.3 is 0 Å². The minimum absolute atomic E-state index is 0.0871. The van der Waals surface area contributed by atoms with Gasteiger partial charge in [0.1, 0.15) is 5.75 Å². The number of benzene rings is 1. The molecule has 0 atom stereocenters. The molecule has 0 saturated heterocycles. The van der Waals surface area contributed by atoms with E-state index in [2.05, 4.69) is 5.32 Å². The first-order valence-electron chi connectivity index (χ1n) is 5.25. The molecule has 4 nitrogen and oxygen atoms in total. The van der Waals surface area contributed by atoms with E-state index in [1.54, 1.807) is 30.7 Å². The van der Waals surface area contributed by atoms with E-state index in [1.165, 1.54) is 6.07 Å². The number of hydrogen-bond acceptors (Lipinski definition) is 3. The van der Waals surface area contributed by atoms with Gasteiger partial charge in [0, 0.05) is 17.7 Å². The van der Waals surface area contributed by atoms with Crippen molar-refractivity contribution in [2.45, 2.75) is 13.5 Å². The van der Waals surface area contributed by atoms with E-state index >= 15 is 0 Å². The number of phenols is 1. The van der Waals surface area contributed by atoms with Crippen molar-refractivity contribution in [2.75, 3.05) is 0 Å². The summed E-state index contributed by atoms with van der Waals surface area (Å²) in [5, 5.41) is 12.1. The smallest absolute Gasteiger partial charge is 0.251 e. The zero-order chi connectivity index (χ0) is 12.3. The molecule has 1 aromatic carbocycles. The third-order valence-corrected chi connectivity index (χ3v) is 2.50. The summed E-state index contributed by atoms with van der Waals surface area (Å²) in [7, 11) is 0. The first-order valence-corrected chi connectivity index (χ1v) is 5.25. The quantitative estimate of drug-likeness (QED) is 0.851. The molecule has 0 unspecified atom stereocenters. The number of carbonyl (C=O) groups excluding carboxylic acids is 1. The van der Waals surface area contributed by atoms with Gasteiger partial charge in [0.05, 0.1) is 12.5 Å². The number of aromatic hydroxyl groups is 1. The fraction of sp³-hybridized carbons (Fsp3) is 0.154. The van der Waals surface area contributed by atoms with Crippen LogP contribution >= 0.6 is 0 Å². The lowest BCUT2D eigenvalue weighted by atomic mass is 10.1. The van der Waals surface area contributed by atoms with Crippen LogP contribution in [0.3, 0.4) is 0 Å². The third kappa shape index (κ3) is 2.66. The van der Waals surface area contributed by atoms with Gasteiger partial charge in [0.15, 0.2) is 0 Å². The normalized spacial score (nSPS) is 10.2. The van der Waals surface area contributed by atoms with Crippen LogP contribution in [0.15, 0.2) is 41.2 Å². The number of rotatable bonds is 3. The van der Waals surface area contributed by atoms with Crippen molar-refractivity contribution in [1.29, 1.82) is 0 Å². The van der Waals surface area contributed by atoms with E-state index in [1.807, 2.05) is 6.92 Å². The second kappa shape index (κ2) is 4.74. The van der Waals surface area contributed by atoms with E-state index in [0.29, 0.717) is 12.1 Å². The number of phenolic OH excluding ortho intramolecular Hbond substituents is 1. The average molecular weight is 231 g/mol. The summed E-state index contributed by atoms with van der Waals surface area (Å²) in [5.41, 5.74) is 2.21. The zero-order valence-corrected chi connectivity index (χ0v) is 9.43. The van der Waals surface area contributed by atoms with Crippen LogP contribution in [-0.4, -0.2) is 11.0 Å². The summed E-state index contributed by atoms with van der Waals surface area (Å²) >= 11 is 0. The molecule has 2 N–H and O–H groups in total. The fourth-order valence-electron chi connectivity index (χ4n) is 1.53. The predicted molar refractivity (Wildman–Crippen MR) is 62.7 cm³/mol. The minimum atomic E-state index is -0.209. The Morgan fingerprint density at radius 1 is 1.41 bits per heavy atom. The Morgan fingerprint density at radius 3 is 2.94 bits per heavy atom. The van der Waals surface area contributed by atoms with Crippen molar-refractivity contribution in [1.82, 2.24) is 5.32 Å². The summed E-state index contributed by atoms with van der Waals surface area (Å²) in [5.74, 6) is -0.122. The molecular weight excluding hydrogens is 218 g/mol. The SMILES string of the molecule is Cc1ccc(O)cc1C(=O)NCc1ccoc1. The molecule has 1 heterocycles. The van der Waals surface area contributed by atoms with Crippen molar-refractivity contribution < 1.29 is 14.3 Å². The Balaban J connectivity index is 2.07. The maximum atomic E-state index is 11.9. The van der Waals surface area contributed by atoms with Gasteiger partial charge in [-0.05, 0) is 30.7 Å². The third-order valence-electron chi connectivity index (χ3n) is 2.50. The Kier molecular flexibility index (Phi) is 3.14. The largest absolute Gasteiger partial charge is 0.508 e. The van der Waals surface area contributed by atoms with Crippen LogP contribution in [0.4, 0.5) is 0 Å². The van der Waals surface area contributed by atoms with Gasteiger partial charge in [0.25, 0.3) is 5.91 Å². The lowest BCUT2D eigenvalue weighted by molar-refractivity contribution is 0.0950. The Hall–Kier alpha value is -2.23. The standard InChI is InChI=1S/C13H13NO3/c1-9-2-3-11(15)6-12(9)13(16)14-7-10-4-5-17-8-10/h2-6,8,15H,7H2,1H3,(H,14,16). The molecule has 4 heteroatoms. The fourth-order valence-corrected chi connectivity index (χ4v) is 1.53. The monoisotopic (exact) mass is 231 g/mol. The van der Waals surface area contributed by atoms with Crippen molar-refractivity contribution in [2.24, 2.45) is 0 Å². The highest BCUT2D eigenvalue weighted by Gasteiger charge is 2.09. The highest BCUT2D eigenvalue weighted by Crippen LogP contribution is 2.15. The highest BCUT2D eigenvalue weighted by atomic mass is 16.3. The first-order chi connectivity index (χ1) is 8.16. The van der Waals surface area contributed by atoms with E-state index in [9.17, 15) is 9.90 Å². The molecule has 0 spiro atoms. The van der Waals surface area contributed by atoms with Crippen LogP contribution in [0.2, 0.25) is 0 Å². The second-order valence-corrected chi connectivity index (χ2v) is 3.81. The zero-order valence-electron chi connectivity index (χ0n) is 9.43. The van der Waals surface area contributed by atoms with Gasteiger partial charge in [-0.3, -0.25) is 4.79 Å². The molecule has 2 aromatic rings. The van der Waals surface area contributed by atoms with Gasteiger partial charge in [-0.15, -0.1) is 0 Å². The molecule has 2 rings (SSSR count). The Bertz CT molecular complexity index is 517. The molecule has 0 bridgehead atoms. The van der Waals surface area contributed by atoms with Crippen LogP contribution in [0.5, 0.6) is 5.75 Å². The topological polar surface area (TPSA) is 62.5 Å². The Morgan fingerprint density at radius 2 is 2.24 bits per heavy atom. The summed E-state index contributed by atoms with van der Waals surface area (Å²) < 4.78 is 4.90. The van der Waals surface area contributed by atoms with Crippen molar-refractivity contribution in [3.63, 3.8) is 0 Å². The van der Waals surface area contributed by atoms with Crippen LogP contribution in [0.25, 0.3) is 0 Å². The lowest BCUT2D eigenvalue weighted by Crippen LogP contribution is -2.23. The molecular formula is C13H13NO3. The van der Waals surface area contributed by atoms with E-state index in [-0.39, 0.29) is 11.7 Å². The van der Waals surface area contributed by atoms with Gasteiger partial charge in [0.2, 0.25) is 0 Å². The summed E-state index contributed by atoms with van der Waals surface area (Å²) in [6, 6.07) is 6.51. The lowest BCUT2D eigenvalue weighted by Gasteiger charge is -2.07. The molecule has 0 fully saturated rings. The molecule has 88 valence electrons. The van der Waals surface area contributed by atoms with Crippen LogP contribution < -0.4 is 5.32 Å². The molecule has 17 heavy (non-hydrogen) atoms. The second-order valence-electron chi connectivity index (χ2n) is 3.81. The highest BCUT2D eigenvalue weighted by molar-refractivity contribution is 5.95. The maximum Gasteiger partial charge on any atom is 0.251 e. The molecule has 0 aliphatic carbocycles. The van der Waals surface area contributed by atoms with Crippen molar-refractivity contribution in [3.05, 3.63) is 53.5 Å². The number of hydrogen-bond donors (Lipinski definition) is 2. The van der Waals surface area contributed by atoms with Crippen LogP contribution in [0.1, 0.15) is 21.5 Å². The van der Waals surface area contributed by atoms with E-state index < -0.39 is 0 Å². The molecule has 0 saturated carbocycles. The molecule has 0 aliphatic heterocycles. The predicted octanol–water partition coefficient (Wildman–Crippen LogP) is 2.22. The summed E-state index contributed by atoms with van der Waals surface area (Å²) in [4.78, 5) is 11.9. The van der Waals surface area contributed by atoms with Crippen molar-refractivity contribution >= 4 is 5.91 Å². The molecule has 0 aliphatic rings. The minimum Gasteiger partial charge on any atom is -0.508 e. The summed E-state index contributed by atoms with van der Waals surface area (Å²) in [6.07, 6.45) is 3.14. The van der Waals surface area contributed by atoms with E-state index in [4.69, 9.17) is 4.42 Å². The number of amides is 1. The van der Waals surface area contributed by atoms with Gasteiger partial charge in [-0.25, -0.2) is 0 Å². The van der Waals surface area contributed by atoms with Crippen LogP contribution in [0, 0.1) is 6.92 Å².